The second kappa shape index (κ2) is 7.48. The molecule has 12 heteroatoms. The van der Waals surface area contributed by atoms with Crippen molar-refractivity contribution in [2.75, 3.05) is 26.0 Å². The van der Waals surface area contributed by atoms with E-state index in [-0.39, 0.29) is 16.1 Å². The zero-order chi connectivity index (χ0) is 20.5. The summed E-state index contributed by atoms with van der Waals surface area (Å²) in [6, 6.07) is 6.71. The summed E-state index contributed by atoms with van der Waals surface area (Å²) in [6.07, 6.45) is 0. The molecule has 0 unspecified atom stereocenters. The number of carbonyl (C=O) groups excluding carboxylic acids is 1. The van der Waals surface area contributed by atoms with E-state index in [1.165, 1.54) is 32.3 Å². The van der Waals surface area contributed by atoms with Gasteiger partial charge >= 0.3 is 0 Å². The van der Waals surface area contributed by atoms with Crippen LogP contribution in [0.15, 0.2) is 41.3 Å². The molecule has 0 aliphatic carbocycles. The maximum Gasteiger partial charge on any atom is 0.265 e. The summed E-state index contributed by atoms with van der Waals surface area (Å²) in [6.45, 7) is -0.554. The Balaban J connectivity index is 1.76. The largest absolute Gasteiger partial charge is 0.385 e. The van der Waals surface area contributed by atoms with Gasteiger partial charge < -0.3 is 10.2 Å². The number of nitrogens with zero attached hydrogens (tertiary/aromatic N) is 4. The van der Waals surface area contributed by atoms with Crippen LogP contribution in [0.2, 0.25) is 0 Å². The van der Waals surface area contributed by atoms with E-state index < -0.39 is 34.2 Å². The first kappa shape index (κ1) is 19.6. The van der Waals surface area contributed by atoms with Crippen LogP contribution in [0.1, 0.15) is 0 Å². The zero-order valence-electron chi connectivity index (χ0n) is 14.8. The minimum atomic E-state index is -3.68. The molecule has 0 saturated carbocycles. The van der Waals surface area contributed by atoms with Gasteiger partial charge in [0, 0.05) is 25.8 Å². The molecule has 1 aromatic heterocycles. The fourth-order valence-corrected chi connectivity index (χ4v) is 3.21. The standard InChI is InChI=1S/C16H15F2N5O4S/c1-22(2)28(25,26)13-3-4-14-15(8-13)23(21-20-14)27-9-16(24)19-12-6-10(17)5-11(18)7-12/h3-8H,9H2,1-2H3,(H,19,24). The third-order valence-electron chi connectivity index (χ3n) is 3.63. The quantitative estimate of drug-likeness (QED) is 0.649. The molecular formula is C16H15F2N5O4S. The van der Waals surface area contributed by atoms with E-state index in [1.54, 1.807) is 0 Å². The number of rotatable bonds is 6. The highest BCUT2D eigenvalue weighted by Gasteiger charge is 2.19. The minimum absolute atomic E-state index is 0.00293. The fourth-order valence-electron chi connectivity index (χ4n) is 2.29. The average molecular weight is 411 g/mol. The smallest absolute Gasteiger partial charge is 0.265 e. The van der Waals surface area contributed by atoms with Crippen molar-refractivity contribution in [3.63, 3.8) is 0 Å². The van der Waals surface area contributed by atoms with Gasteiger partial charge in [-0.05, 0) is 35.5 Å². The Hall–Kier alpha value is -3.12. The summed E-state index contributed by atoms with van der Waals surface area (Å²) >= 11 is 0. The lowest BCUT2D eigenvalue weighted by Gasteiger charge is -2.11. The molecule has 1 heterocycles. The second-order valence-corrected chi connectivity index (χ2v) is 8.03. The van der Waals surface area contributed by atoms with Crippen LogP contribution in [0.25, 0.3) is 11.0 Å². The molecule has 2 aromatic carbocycles. The van der Waals surface area contributed by atoms with E-state index in [2.05, 4.69) is 15.6 Å². The summed E-state index contributed by atoms with van der Waals surface area (Å²) in [5.41, 5.74) is 0.506. The predicted octanol–water partition coefficient (Wildman–Crippen LogP) is 1.03. The number of halogens is 2. The molecule has 0 aliphatic rings. The van der Waals surface area contributed by atoms with E-state index in [0.29, 0.717) is 11.6 Å². The van der Waals surface area contributed by atoms with Gasteiger partial charge in [-0.1, -0.05) is 4.85 Å². The molecule has 0 atom stereocenters. The molecule has 0 saturated heterocycles. The van der Waals surface area contributed by atoms with Gasteiger partial charge in [-0.2, -0.15) is 0 Å². The lowest BCUT2D eigenvalue weighted by atomic mass is 10.3. The number of sulfonamides is 1. The van der Waals surface area contributed by atoms with Crippen LogP contribution >= 0.6 is 0 Å². The third-order valence-corrected chi connectivity index (χ3v) is 5.44. The first-order valence-electron chi connectivity index (χ1n) is 7.84. The summed E-state index contributed by atoms with van der Waals surface area (Å²) < 4.78 is 51.8. The van der Waals surface area contributed by atoms with E-state index >= 15 is 0 Å². The number of aromatic nitrogens is 3. The van der Waals surface area contributed by atoms with Crippen LogP contribution < -0.4 is 10.2 Å². The van der Waals surface area contributed by atoms with Crippen LogP contribution in [0.5, 0.6) is 0 Å². The van der Waals surface area contributed by atoms with E-state index in [0.717, 1.165) is 21.3 Å². The third kappa shape index (κ3) is 4.07. The maximum absolute atomic E-state index is 13.2. The van der Waals surface area contributed by atoms with Crippen molar-refractivity contribution < 1.29 is 26.8 Å². The molecule has 3 aromatic rings. The first-order valence-corrected chi connectivity index (χ1v) is 9.28. The highest BCUT2D eigenvalue weighted by molar-refractivity contribution is 7.89. The first-order chi connectivity index (χ1) is 13.2. The molecule has 3 rings (SSSR count). The Morgan fingerprint density at radius 1 is 1.18 bits per heavy atom. The number of hydrogen-bond acceptors (Lipinski definition) is 6. The van der Waals surface area contributed by atoms with Crippen LogP contribution in [-0.2, 0) is 14.8 Å². The van der Waals surface area contributed by atoms with Gasteiger partial charge in [0.2, 0.25) is 10.0 Å². The summed E-state index contributed by atoms with van der Waals surface area (Å²) in [7, 11) is -0.897. The van der Waals surface area contributed by atoms with Gasteiger partial charge in [0.15, 0.2) is 6.61 Å². The van der Waals surface area contributed by atoms with Gasteiger partial charge in [-0.25, -0.2) is 21.5 Å². The highest BCUT2D eigenvalue weighted by atomic mass is 32.2. The summed E-state index contributed by atoms with van der Waals surface area (Å²) in [5.74, 6) is -2.38. The van der Waals surface area contributed by atoms with Crippen LogP contribution in [0, 0.1) is 11.6 Å². The second-order valence-electron chi connectivity index (χ2n) is 5.88. The zero-order valence-corrected chi connectivity index (χ0v) is 15.6. The monoisotopic (exact) mass is 411 g/mol. The lowest BCUT2D eigenvalue weighted by Crippen LogP contribution is -2.26. The number of benzene rings is 2. The average Bonchev–Trinajstić information content (AvgIpc) is 3.01. The Kier molecular flexibility index (Phi) is 5.25. The normalized spacial score (nSPS) is 11.8. The number of hydrogen-bond donors (Lipinski definition) is 1. The molecule has 148 valence electrons. The Morgan fingerprint density at radius 2 is 1.86 bits per heavy atom. The SMILES string of the molecule is CN(C)S(=O)(=O)c1ccc2nnn(OCC(=O)Nc3cc(F)cc(F)c3)c2c1. The van der Waals surface area contributed by atoms with Gasteiger partial charge in [-0.15, -0.1) is 5.10 Å². The fraction of sp³-hybridized carbons (Fsp3) is 0.188. The minimum Gasteiger partial charge on any atom is -0.385 e. The van der Waals surface area contributed by atoms with E-state index in [4.69, 9.17) is 4.84 Å². The Bertz CT molecular complexity index is 1130. The lowest BCUT2D eigenvalue weighted by molar-refractivity contribution is -0.121. The van der Waals surface area contributed by atoms with Crippen molar-refractivity contribution in [1.82, 2.24) is 19.5 Å². The molecule has 0 radical (unpaired) electrons. The summed E-state index contributed by atoms with van der Waals surface area (Å²) in [5, 5.41) is 9.80. The van der Waals surface area contributed by atoms with Gasteiger partial charge in [0.05, 0.1) is 4.90 Å². The number of nitrogens with one attached hydrogen (secondary N) is 1. The van der Waals surface area contributed by atoms with Crippen molar-refractivity contribution in [3.05, 3.63) is 48.0 Å². The Labute approximate surface area is 158 Å². The molecule has 28 heavy (non-hydrogen) atoms. The predicted molar refractivity (Wildman–Crippen MR) is 94.8 cm³/mol. The van der Waals surface area contributed by atoms with Crippen molar-refractivity contribution in [3.8, 4) is 0 Å². The molecule has 0 spiro atoms. The van der Waals surface area contributed by atoms with Gasteiger partial charge in [-0.3, -0.25) is 4.79 Å². The highest BCUT2D eigenvalue weighted by Crippen LogP contribution is 2.19. The molecule has 0 bridgehead atoms. The van der Waals surface area contributed by atoms with Crippen molar-refractivity contribution in [1.29, 1.82) is 0 Å². The number of carbonyl (C=O) groups is 1. The van der Waals surface area contributed by atoms with Crippen molar-refractivity contribution in [2.24, 2.45) is 0 Å². The number of amides is 1. The summed E-state index contributed by atoms with van der Waals surface area (Å²) in [4.78, 5) is 18.0. The number of fused-ring (bicyclic) bond motifs is 1. The van der Waals surface area contributed by atoms with Crippen LogP contribution in [-0.4, -0.2) is 54.5 Å². The molecule has 1 N–H and O–H groups in total. The van der Waals surface area contributed by atoms with Crippen molar-refractivity contribution in [2.45, 2.75) is 4.90 Å². The Morgan fingerprint density at radius 3 is 2.50 bits per heavy atom. The molecule has 0 fully saturated rings. The van der Waals surface area contributed by atoms with Crippen LogP contribution in [0.3, 0.4) is 0 Å². The van der Waals surface area contributed by atoms with Crippen molar-refractivity contribution >= 4 is 32.7 Å². The van der Waals surface area contributed by atoms with Gasteiger partial charge in [0.25, 0.3) is 5.91 Å². The van der Waals surface area contributed by atoms with Gasteiger partial charge in [0.1, 0.15) is 22.7 Å². The maximum atomic E-state index is 13.2. The van der Waals surface area contributed by atoms with E-state index in [1.807, 2.05) is 0 Å². The number of anilines is 1. The molecule has 1 amide bonds. The molecular weight excluding hydrogens is 396 g/mol. The molecule has 9 nitrogen and oxygen atoms in total. The molecule has 0 aliphatic heterocycles. The van der Waals surface area contributed by atoms with Crippen LogP contribution in [0.4, 0.5) is 14.5 Å². The van der Waals surface area contributed by atoms with E-state index in [9.17, 15) is 22.0 Å². The topological polar surface area (TPSA) is 106 Å².